The zero-order valence-corrected chi connectivity index (χ0v) is 23.3. The summed E-state index contributed by atoms with van der Waals surface area (Å²) in [6.45, 7) is 10.3. The lowest BCUT2D eigenvalue weighted by molar-refractivity contribution is 0.498. The normalized spacial score (nSPS) is 12.5. The first kappa shape index (κ1) is 30.2. The second kappa shape index (κ2) is 21.7. The smallest absolute Gasteiger partial charge is 0.111 e. The molecule has 2 nitrogen and oxygen atoms in total. The molecule has 0 fully saturated rings. The van der Waals surface area contributed by atoms with Crippen molar-refractivity contribution in [1.29, 1.82) is 0 Å². The Balaban J connectivity index is 2.00. The van der Waals surface area contributed by atoms with E-state index < -0.39 is 0 Å². The molecule has 0 bridgehead atoms. The highest BCUT2D eigenvalue weighted by molar-refractivity contribution is 5.06. The molecule has 33 heavy (non-hydrogen) atoms. The summed E-state index contributed by atoms with van der Waals surface area (Å²) in [4.78, 5) is 4.89. The molecule has 0 amide bonds. The number of aryl methyl sites for hydroxylation is 2. The molecule has 0 aliphatic heterocycles. The van der Waals surface area contributed by atoms with Gasteiger partial charge in [0.15, 0.2) is 0 Å². The van der Waals surface area contributed by atoms with E-state index in [1.807, 2.05) is 0 Å². The Labute approximate surface area is 208 Å². The third kappa shape index (κ3) is 16.5. The average Bonchev–Trinajstić information content (AvgIpc) is 3.19. The van der Waals surface area contributed by atoms with Gasteiger partial charge in [-0.3, -0.25) is 0 Å². The maximum Gasteiger partial charge on any atom is 0.111 e. The molecule has 0 aliphatic carbocycles. The summed E-state index contributed by atoms with van der Waals surface area (Å²) in [5.41, 5.74) is 1.19. The van der Waals surface area contributed by atoms with Gasteiger partial charge in [-0.2, -0.15) is 0 Å². The first-order valence-electron chi connectivity index (χ1n) is 15.2. The van der Waals surface area contributed by atoms with E-state index in [1.165, 1.54) is 153 Å². The summed E-state index contributed by atoms with van der Waals surface area (Å²) in [7, 11) is 0. The maximum atomic E-state index is 4.89. The lowest BCUT2D eigenvalue weighted by atomic mass is 10.00. The molecule has 0 aliphatic rings. The van der Waals surface area contributed by atoms with Crippen molar-refractivity contribution in [3.05, 3.63) is 17.7 Å². The van der Waals surface area contributed by atoms with Crippen molar-refractivity contribution in [2.75, 3.05) is 0 Å². The minimum atomic E-state index is 0.598. The highest BCUT2D eigenvalue weighted by Gasteiger charge is 2.13. The molecular weight excluding hydrogens is 400 g/mol. The van der Waals surface area contributed by atoms with Crippen molar-refractivity contribution in [2.45, 2.75) is 181 Å². The summed E-state index contributed by atoms with van der Waals surface area (Å²) in [6, 6.07) is 0. The Morgan fingerprint density at radius 1 is 0.606 bits per heavy atom. The van der Waals surface area contributed by atoms with Crippen LogP contribution in [0.3, 0.4) is 0 Å². The van der Waals surface area contributed by atoms with Crippen molar-refractivity contribution in [2.24, 2.45) is 0 Å². The van der Waals surface area contributed by atoms with Crippen LogP contribution in [0.25, 0.3) is 0 Å². The molecule has 0 radical (unpaired) electrons. The summed E-state index contributed by atoms with van der Waals surface area (Å²) in [5.74, 6) is 1.94. The molecule has 0 aromatic carbocycles. The van der Waals surface area contributed by atoms with Crippen LogP contribution in [0.5, 0.6) is 0 Å². The van der Waals surface area contributed by atoms with Gasteiger partial charge in [0, 0.05) is 18.7 Å². The van der Waals surface area contributed by atoms with E-state index in [1.54, 1.807) is 0 Å². The molecule has 0 saturated carbocycles. The van der Waals surface area contributed by atoms with E-state index in [4.69, 9.17) is 4.98 Å². The largest absolute Gasteiger partial charge is 0.334 e. The third-order valence-corrected chi connectivity index (χ3v) is 7.36. The number of nitrogens with zero attached hydrogens (tertiary/aromatic N) is 2. The highest BCUT2D eigenvalue weighted by Crippen LogP contribution is 2.23. The lowest BCUT2D eigenvalue weighted by Crippen LogP contribution is -2.07. The predicted molar refractivity (Wildman–Crippen MR) is 148 cm³/mol. The third-order valence-electron chi connectivity index (χ3n) is 7.36. The second-order valence-electron chi connectivity index (χ2n) is 10.8. The highest BCUT2D eigenvalue weighted by atomic mass is 15.1. The van der Waals surface area contributed by atoms with Crippen LogP contribution in [-0.2, 0) is 6.54 Å². The monoisotopic (exact) mass is 460 g/mol. The van der Waals surface area contributed by atoms with Gasteiger partial charge in [-0.05, 0) is 19.8 Å². The molecule has 0 saturated heterocycles. The summed E-state index contributed by atoms with van der Waals surface area (Å²) >= 11 is 0. The van der Waals surface area contributed by atoms with Crippen LogP contribution in [0, 0.1) is 6.92 Å². The quantitative estimate of drug-likeness (QED) is 0.140. The predicted octanol–water partition coefficient (Wildman–Crippen LogP) is 10.9. The Morgan fingerprint density at radius 3 is 1.45 bits per heavy atom. The first-order valence-corrected chi connectivity index (χ1v) is 15.2. The fourth-order valence-electron chi connectivity index (χ4n) is 5.15. The number of imidazole rings is 1. The van der Waals surface area contributed by atoms with Crippen LogP contribution in [0.4, 0.5) is 0 Å². The first-order chi connectivity index (χ1) is 16.2. The van der Waals surface area contributed by atoms with Gasteiger partial charge in [-0.25, -0.2) is 4.98 Å². The molecule has 0 spiro atoms. The topological polar surface area (TPSA) is 17.8 Å². The molecule has 1 unspecified atom stereocenters. The zero-order chi connectivity index (χ0) is 24.0. The molecule has 1 aromatic heterocycles. The van der Waals surface area contributed by atoms with Crippen molar-refractivity contribution < 1.29 is 0 Å². The van der Waals surface area contributed by atoms with E-state index in [9.17, 15) is 0 Å². The van der Waals surface area contributed by atoms with Gasteiger partial charge in [0.05, 0.1) is 5.69 Å². The zero-order valence-electron chi connectivity index (χ0n) is 23.3. The van der Waals surface area contributed by atoms with Crippen molar-refractivity contribution in [3.8, 4) is 0 Å². The van der Waals surface area contributed by atoms with Crippen LogP contribution < -0.4 is 0 Å². The standard InChI is InChI=1S/C31H60N2/c1-5-7-9-11-13-14-15-16-17-18-19-20-21-22-24-26-29(3)31-32-30(4)28-33(31)27-25-23-12-10-8-6-2/h28-29H,5-27H2,1-4H3. The minimum absolute atomic E-state index is 0.598. The fraction of sp³-hybridized carbons (Fsp3) is 0.903. The van der Waals surface area contributed by atoms with E-state index in [0.29, 0.717) is 5.92 Å². The SMILES string of the molecule is CCCCCCCCCCCCCCCCCC(C)c1nc(C)cn1CCCCCCCC. The Hall–Kier alpha value is -0.790. The molecule has 194 valence electrons. The van der Waals surface area contributed by atoms with Crippen LogP contribution in [0.2, 0.25) is 0 Å². The molecule has 1 rings (SSSR count). The molecule has 1 atom stereocenters. The van der Waals surface area contributed by atoms with Gasteiger partial charge >= 0.3 is 0 Å². The minimum Gasteiger partial charge on any atom is -0.334 e. The van der Waals surface area contributed by atoms with E-state index in [0.717, 1.165) is 6.54 Å². The Morgan fingerprint density at radius 2 is 1.00 bits per heavy atom. The number of hydrogen-bond donors (Lipinski definition) is 0. The fourth-order valence-corrected chi connectivity index (χ4v) is 5.15. The number of hydrogen-bond acceptors (Lipinski definition) is 1. The van der Waals surface area contributed by atoms with Gasteiger partial charge < -0.3 is 4.57 Å². The van der Waals surface area contributed by atoms with Crippen molar-refractivity contribution >= 4 is 0 Å². The molecule has 0 N–H and O–H groups in total. The Bertz CT molecular complexity index is 533. The lowest BCUT2D eigenvalue weighted by Gasteiger charge is -2.14. The van der Waals surface area contributed by atoms with Gasteiger partial charge in [0.25, 0.3) is 0 Å². The van der Waals surface area contributed by atoms with Crippen LogP contribution in [0.1, 0.15) is 179 Å². The molecular formula is C31H60N2. The van der Waals surface area contributed by atoms with E-state index in [2.05, 4.69) is 38.5 Å². The molecule has 1 aromatic rings. The van der Waals surface area contributed by atoms with Gasteiger partial charge in [0.1, 0.15) is 5.82 Å². The summed E-state index contributed by atoms with van der Waals surface area (Å²) in [5, 5.41) is 0. The van der Waals surface area contributed by atoms with Gasteiger partial charge in [-0.15, -0.1) is 0 Å². The number of aromatic nitrogens is 2. The number of unbranched alkanes of at least 4 members (excludes halogenated alkanes) is 19. The van der Waals surface area contributed by atoms with Gasteiger partial charge in [0.2, 0.25) is 0 Å². The van der Waals surface area contributed by atoms with Gasteiger partial charge in [-0.1, -0.05) is 149 Å². The summed E-state index contributed by atoms with van der Waals surface area (Å²) < 4.78 is 2.46. The van der Waals surface area contributed by atoms with Crippen LogP contribution in [0.15, 0.2) is 6.20 Å². The average molecular weight is 461 g/mol. The Kier molecular flexibility index (Phi) is 19.9. The number of rotatable bonds is 24. The van der Waals surface area contributed by atoms with Crippen LogP contribution >= 0.6 is 0 Å². The van der Waals surface area contributed by atoms with Crippen molar-refractivity contribution in [1.82, 2.24) is 9.55 Å². The van der Waals surface area contributed by atoms with E-state index in [-0.39, 0.29) is 0 Å². The van der Waals surface area contributed by atoms with Crippen molar-refractivity contribution in [3.63, 3.8) is 0 Å². The maximum absolute atomic E-state index is 4.89. The second-order valence-corrected chi connectivity index (χ2v) is 10.8. The molecule has 2 heteroatoms. The van der Waals surface area contributed by atoms with Crippen LogP contribution in [-0.4, -0.2) is 9.55 Å². The molecule has 1 heterocycles. The summed E-state index contributed by atoms with van der Waals surface area (Å²) in [6.07, 6.45) is 33.4. The van der Waals surface area contributed by atoms with E-state index >= 15 is 0 Å².